The van der Waals surface area contributed by atoms with Crippen LogP contribution in [0.25, 0.3) is 0 Å². The molecule has 1 unspecified atom stereocenters. The summed E-state index contributed by atoms with van der Waals surface area (Å²) in [5.74, 6) is 0. The Balaban J connectivity index is 1.74. The second-order valence-electron chi connectivity index (χ2n) is 4.79. The lowest BCUT2D eigenvalue weighted by Crippen LogP contribution is -2.38. The Labute approximate surface area is 101 Å². The van der Waals surface area contributed by atoms with Gasteiger partial charge in [0.15, 0.2) is 0 Å². The summed E-state index contributed by atoms with van der Waals surface area (Å²) in [7, 11) is 0. The topological polar surface area (TPSA) is 21.3 Å². The molecule has 16 heavy (non-hydrogen) atoms. The third-order valence-electron chi connectivity index (χ3n) is 3.56. The highest BCUT2D eigenvalue weighted by Crippen LogP contribution is 2.46. The average Bonchev–Trinajstić information content (AvgIpc) is 2.88. The van der Waals surface area contributed by atoms with E-state index in [1.54, 1.807) is 0 Å². The number of ether oxygens (including phenoxy) is 1. The first-order valence-corrected chi connectivity index (χ1v) is 6.28. The van der Waals surface area contributed by atoms with Crippen LogP contribution in [0.1, 0.15) is 24.8 Å². The molecule has 0 amide bonds. The molecule has 3 rings (SSSR count). The molecule has 1 heterocycles. The largest absolute Gasteiger partial charge is 0.380 e. The molecule has 2 aliphatic rings. The maximum Gasteiger partial charge on any atom is 0.0620 e. The summed E-state index contributed by atoms with van der Waals surface area (Å²) in [5, 5.41) is 4.54. The van der Waals surface area contributed by atoms with E-state index in [2.05, 4.69) is 17.4 Å². The van der Waals surface area contributed by atoms with Gasteiger partial charge in [-0.05, 0) is 37.0 Å². The van der Waals surface area contributed by atoms with Gasteiger partial charge in [0.2, 0.25) is 0 Å². The van der Waals surface area contributed by atoms with Gasteiger partial charge in [0.05, 0.1) is 6.61 Å². The normalized spacial score (nSPS) is 26.9. The lowest BCUT2D eigenvalue weighted by molar-refractivity contribution is 0.187. The number of hydrogen-bond donors (Lipinski definition) is 1. The molecule has 1 aliphatic heterocycles. The number of halogens is 1. The van der Waals surface area contributed by atoms with E-state index in [-0.39, 0.29) is 5.54 Å². The van der Waals surface area contributed by atoms with Crippen LogP contribution in [0.5, 0.6) is 0 Å². The van der Waals surface area contributed by atoms with E-state index in [1.807, 2.05) is 12.1 Å². The Hall–Kier alpha value is -0.570. The van der Waals surface area contributed by atoms with Crippen molar-refractivity contribution in [1.29, 1.82) is 0 Å². The molecule has 1 aromatic carbocycles. The van der Waals surface area contributed by atoms with Gasteiger partial charge < -0.3 is 10.1 Å². The summed E-state index contributed by atoms with van der Waals surface area (Å²) in [5.41, 5.74) is 1.58. The Bertz CT molecular complexity index is 366. The average molecular weight is 238 g/mol. The van der Waals surface area contributed by atoms with Crippen LogP contribution >= 0.6 is 11.6 Å². The number of hydrogen-bond acceptors (Lipinski definition) is 2. The van der Waals surface area contributed by atoms with Crippen LogP contribution in [0.4, 0.5) is 0 Å². The minimum Gasteiger partial charge on any atom is -0.380 e. The minimum absolute atomic E-state index is 0.211. The Morgan fingerprint density at radius 3 is 2.56 bits per heavy atom. The molecule has 2 fully saturated rings. The van der Waals surface area contributed by atoms with E-state index in [0.29, 0.717) is 6.04 Å². The molecule has 2 nitrogen and oxygen atoms in total. The number of rotatable bonds is 3. The first-order chi connectivity index (χ1) is 7.78. The monoisotopic (exact) mass is 237 g/mol. The van der Waals surface area contributed by atoms with Crippen molar-refractivity contribution >= 4 is 11.6 Å². The zero-order chi connectivity index (χ0) is 11.0. The first kappa shape index (κ1) is 10.6. The van der Waals surface area contributed by atoms with Crippen LogP contribution < -0.4 is 5.32 Å². The van der Waals surface area contributed by atoms with Gasteiger partial charge in [-0.3, -0.25) is 0 Å². The second kappa shape index (κ2) is 4.02. The van der Waals surface area contributed by atoms with E-state index in [9.17, 15) is 0 Å². The molecule has 1 aliphatic carbocycles. The lowest BCUT2D eigenvalue weighted by atomic mass is 10.0. The fraction of sp³-hybridized carbons (Fsp3) is 0.538. The Morgan fingerprint density at radius 1 is 1.25 bits per heavy atom. The third kappa shape index (κ3) is 1.97. The molecule has 1 aromatic rings. The highest BCUT2D eigenvalue weighted by atomic mass is 35.5. The number of nitrogens with one attached hydrogen (secondary N) is 1. The fourth-order valence-corrected chi connectivity index (χ4v) is 2.58. The van der Waals surface area contributed by atoms with Crippen molar-refractivity contribution < 1.29 is 4.74 Å². The predicted molar refractivity (Wildman–Crippen MR) is 64.7 cm³/mol. The van der Waals surface area contributed by atoms with Crippen LogP contribution in [0, 0.1) is 0 Å². The van der Waals surface area contributed by atoms with Gasteiger partial charge in [0, 0.05) is 23.2 Å². The molecule has 1 N–H and O–H groups in total. The molecule has 3 heteroatoms. The quantitative estimate of drug-likeness (QED) is 0.873. The van der Waals surface area contributed by atoms with E-state index < -0.39 is 0 Å². The van der Waals surface area contributed by atoms with Gasteiger partial charge in [-0.2, -0.15) is 0 Å². The van der Waals surface area contributed by atoms with Crippen LogP contribution in [-0.2, 0) is 10.3 Å². The zero-order valence-corrected chi connectivity index (χ0v) is 9.96. The maximum atomic E-state index is 5.91. The van der Waals surface area contributed by atoms with Crippen molar-refractivity contribution in [3.63, 3.8) is 0 Å². The van der Waals surface area contributed by atoms with Gasteiger partial charge >= 0.3 is 0 Å². The maximum absolute atomic E-state index is 5.91. The van der Waals surface area contributed by atoms with E-state index in [1.165, 1.54) is 18.4 Å². The van der Waals surface area contributed by atoms with Gasteiger partial charge in [-0.25, -0.2) is 0 Å². The van der Waals surface area contributed by atoms with Crippen molar-refractivity contribution in [3.8, 4) is 0 Å². The zero-order valence-electron chi connectivity index (χ0n) is 9.21. The van der Waals surface area contributed by atoms with E-state index in [0.717, 1.165) is 24.7 Å². The van der Waals surface area contributed by atoms with Crippen LogP contribution in [0.3, 0.4) is 0 Å². The molecule has 0 radical (unpaired) electrons. The highest BCUT2D eigenvalue weighted by molar-refractivity contribution is 6.30. The highest BCUT2D eigenvalue weighted by Gasteiger charge is 2.45. The molecule has 0 spiro atoms. The lowest BCUT2D eigenvalue weighted by Gasteiger charge is -2.22. The van der Waals surface area contributed by atoms with E-state index >= 15 is 0 Å². The summed E-state index contributed by atoms with van der Waals surface area (Å²) in [6, 6.07) is 8.75. The molecule has 0 bridgehead atoms. The van der Waals surface area contributed by atoms with Crippen LogP contribution in [0.15, 0.2) is 24.3 Å². The van der Waals surface area contributed by atoms with E-state index in [4.69, 9.17) is 16.3 Å². The van der Waals surface area contributed by atoms with Crippen molar-refractivity contribution in [2.75, 3.05) is 13.2 Å². The molecular formula is C13H16ClNO. The van der Waals surface area contributed by atoms with Crippen LogP contribution in [0.2, 0.25) is 5.02 Å². The summed E-state index contributed by atoms with van der Waals surface area (Å²) in [6.45, 7) is 1.75. The molecule has 0 aromatic heterocycles. The van der Waals surface area contributed by atoms with Gasteiger partial charge in [0.25, 0.3) is 0 Å². The number of benzene rings is 1. The molecule has 1 atom stereocenters. The first-order valence-electron chi connectivity index (χ1n) is 5.90. The Morgan fingerprint density at radius 2 is 2.00 bits per heavy atom. The summed E-state index contributed by atoms with van der Waals surface area (Å²) in [6.07, 6.45) is 3.59. The fourth-order valence-electron chi connectivity index (χ4n) is 2.45. The van der Waals surface area contributed by atoms with Gasteiger partial charge in [-0.1, -0.05) is 23.7 Å². The van der Waals surface area contributed by atoms with Crippen molar-refractivity contribution in [3.05, 3.63) is 34.9 Å². The standard InChI is InChI=1S/C13H16ClNO/c14-11-3-1-10(2-4-11)13(6-7-13)15-12-5-8-16-9-12/h1-4,12,15H,5-9H2. The van der Waals surface area contributed by atoms with Crippen LogP contribution in [-0.4, -0.2) is 19.3 Å². The van der Waals surface area contributed by atoms with Gasteiger partial charge in [-0.15, -0.1) is 0 Å². The second-order valence-corrected chi connectivity index (χ2v) is 5.23. The van der Waals surface area contributed by atoms with Crippen molar-refractivity contribution in [2.45, 2.75) is 30.8 Å². The smallest absolute Gasteiger partial charge is 0.0620 e. The predicted octanol–water partition coefficient (Wildman–Crippen LogP) is 2.71. The SMILES string of the molecule is Clc1ccc(C2(NC3CCOC3)CC2)cc1. The van der Waals surface area contributed by atoms with Crippen molar-refractivity contribution in [1.82, 2.24) is 5.32 Å². The molecule has 86 valence electrons. The molecule has 1 saturated heterocycles. The Kier molecular flexibility index (Phi) is 2.66. The minimum atomic E-state index is 0.211. The molecule has 1 saturated carbocycles. The third-order valence-corrected chi connectivity index (χ3v) is 3.81. The summed E-state index contributed by atoms with van der Waals surface area (Å²) >= 11 is 5.91. The summed E-state index contributed by atoms with van der Waals surface area (Å²) < 4.78 is 5.40. The molecular weight excluding hydrogens is 222 g/mol. The van der Waals surface area contributed by atoms with Crippen molar-refractivity contribution in [2.24, 2.45) is 0 Å². The summed E-state index contributed by atoms with van der Waals surface area (Å²) in [4.78, 5) is 0. The van der Waals surface area contributed by atoms with Gasteiger partial charge in [0.1, 0.15) is 0 Å².